The van der Waals surface area contributed by atoms with E-state index in [1.807, 2.05) is 18.3 Å². The monoisotopic (exact) mass is 445 g/mol. The van der Waals surface area contributed by atoms with Crippen molar-refractivity contribution in [2.75, 3.05) is 45.2 Å². The molecule has 1 aromatic carbocycles. The lowest BCUT2D eigenvalue weighted by atomic mass is 10.1. The summed E-state index contributed by atoms with van der Waals surface area (Å²) in [6, 6.07) is 10.4. The predicted molar refractivity (Wildman–Crippen MR) is 124 cm³/mol. The van der Waals surface area contributed by atoms with E-state index in [-0.39, 0.29) is 11.4 Å². The first-order valence-corrected chi connectivity index (χ1v) is 10.7. The van der Waals surface area contributed by atoms with Gasteiger partial charge in [0.1, 0.15) is 17.4 Å². The summed E-state index contributed by atoms with van der Waals surface area (Å²) in [6.07, 6.45) is 7.05. The number of anilines is 1. The van der Waals surface area contributed by atoms with Crippen LogP contribution in [0, 0.1) is 5.82 Å². The zero-order valence-electron chi connectivity index (χ0n) is 18.5. The minimum atomic E-state index is -0.435. The number of aromatic nitrogens is 5. The fourth-order valence-corrected chi connectivity index (χ4v) is 3.89. The van der Waals surface area contributed by atoms with Crippen LogP contribution in [0.15, 0.2) is 61.2 Å². The van der Waals surface area contributed by atoms with E-state index >= 15 is 0 Å². The van der Waals surface area contributed by atoms with Crippen molar-refractivity contribution >= 4 is 5.82 Å². The molecule has 1 saturated heterocycles. The molecular formula is C24H24FN7O. The van der Waals surface area contributed by atoms with Crippen molar-refractivity contribution in [2.24, 2.45) is 0 Å². The summed E-state index contributed by atoms with van der Waals surface area (Å²) in [5.74, 6) is 1.15. The normalized spacial score (nSPS) is 14.5. The van der Waals surface area contributed by atoms with E-state index in [1.54, 1.807) is 41.5 Å². The van der Waals surface area contributed by atoms with E-state index in [0.717, 1.165) is 43.2 Å². The molecule has 1 aliphatic heterocycles. The molecule has 8 nitrogen and oxygen atoms in total. The van der Waals surface area contributed by atoms with Crippen molar-refractivity contribution in [1.29, 1.82) is 0 Å². The number of methoxy groups -OCH3 is 1. The molecule has 0 N–H and O–H groups in total. The van der Waals surface area contributed by atoms with Gasteiger partial charge in [-0.25, -0.2) is 24.0 Å². The second-order valence-corrected chi connectivity index (χ2v) is 7.92. The molecule has 0 saturated carbocycles. The van der Waals surface area contributed by atoms with Gasteiger partial charge in [-0.05, 0) is 31.3 Å². The van der Waals surface area contributed by atoms with Crippen LogP contribution in [0.25, 0.3) is 28.3 Å². The van der Waals surface area contributed by atoms with Gasteiger partial charge in [0.25, 0.3) is 0 Å². The molecule has 4 heterocycles. The Morgan fingerprint density at radius 1 is 1.00 bits per heavy atom. The van der Waals surface area contributed by atoms with E-state index in [4.69, 9.17) is 4.74 Å². The molecule has 4 aromatic rings. The summed E-state index contributed by atoms with van der Waals surface area (Å²) in [5, 5.41) is 4.52. The van der Waals surface area contributed by atoms with Crippen LogP contribution < -0.4 is 9.64 Å². The molecule has 33 heavy (non-hydrogen) atoms. The van der Waals surface area contributed by atoms with Crippen LogP contribution in [0.1, 0.15) is 0 Å². The first-order chi connectivity index (χ1) is 16.1. The van der Waals surface area contributed by atoms with Gasteiger partial charge in [0.2, 0.25) is 0 Å². The molecule has 1 aliphatic rings. The molecule has 0 radical (unpaired) electrons. The van der Waals surface area contributed by atoms with Gasteiger partial charge in [-0.2, -0.15) is 5.10 Å². The zero-order valence-corrected chi connectivity index (χ0v) is 18.5. The number of likely N-dealkylation sites (N-methyl/N-ethyl adjacent to an activating group) is 1. The number of piperazine rings is 1. The number of rotatable bonds is 5. The van der Waals surface area contributed by atoms with Crippen LogP contribution in [0.4, 0.5) is 10.2 Å². The Labute approximate surface area is 191 Å². The minimum Gasteiger partial charge on any atom is -0.496 e. The SMILES string of the molecule is COc1cccc(F)c1-c1nccc(-c2cnn(-c3ccnc(N4CCN(C)CC4)c3)c2)n1. The Kier molecular flexibility index (Phi) is 5.70. The molecule has 0 amide bonds. The third kappa shape index (κ3) is 4.27. The minimum absolute atomic E-state index is 0.236. The van der Waals surface area contributed by atoms with Crippen LogP contribution in [0.5, 0.6) is 5.75 Å². The highest BCUT2D eigenvalue weighted by Crippen LogP contribution is 2.31. The molecule has 0 bridgehead atoms. The summed E-state index contributed by atoms with van der Waals surface area (Å²) < 4.78 is 21.6. The topological polar surface area (TPSA) is 72.2 Å². The number of hydrogen-bond donors (Lipinski definition) is 0. The highest BCUT2D eigenvalue weighted by molar-refractivity contribution is 5.68. The number of pyridine rings is 1. The highest BCUT2D eigenvalue weighted by Gasteiger charge is 2.17. The lowest BCUT2D eigenvalue weighted by Crippen LogP contribution is -2.44. The van der Waals surface area contributed by atoms with Crippen molar-refractivity contribution in [2.45, 2.75) is 0 Å². The quantitative estimate of drug-likeness (QED) is 0.467. The van der Waals surface area contributed by atoms with Gasteiger partial charge in [0.05, 0.1) is 30.3 Å². The summed E-state index contributed by atoms with van der Waals surface area (Å²) in [6.45, 7) is 3.92. The van der Waals surface area contributed by atoms with Crippen molar-refractivity contribution in [3.05, 3.63) is 67.0 Å². The van der Waals surface area contributed by atoms with E-state index in [0.29, 0.717) is 11.4 Å². The van der Waals surface area contributed by atoms with Gasteiger partial charge in [-0.3, -0.25) is 0 Å². The van der Waals surface area contributed by atoms with Crippen LogP contribution in [0.3, 0.4) is 0 Å². The van der Waals surface area contributed by atoms with Gasteiger partial charge in [-0.1, -0.05) is 6.07 Å². The average molecular weight is 446 g/mol. The third-order valence-corrected chi connectivity index (χ3v) is 5.77. The molecule has 5 rings (SSSR count). The zero-order chi connectivity index (χ0) is 22.8. The van der Waals surface area contributed by atoms with Gasteiger partial charge in [-0.15, -0.1) is 0 Å². The number of halogens is 1. The Morgan fingerprint density at radius 2 is 1.82 bits per heavy atom. The van der Waals surface area contributed by atoms with Gasteiger partial charge in [0.15, 0.2) is 5.82 Å². The summed E-state index contributed by atoms with van der Waals surface area (Å²) in [7, 11) is 3.63. The highest BCUT2D eigenvalue weighted by atomic mass is 19.1. The summed E-state index contributed by atoms with van der Waals surface area (Å²) in [5.41, 5.74) is 2.59. The first kappa shape index (κ1) is 21.0. The molecule has 3 aromatic heterocycles. The molecule has 168 valence electrons. The predicted octanol–water partition coefficient (Wildman–Crippen LogP) is 3.29. The molecule has 0 atom stereocenters. The number of nitrogens with zero attached hydrogens (tertiary/aromatic N) is 7. The Bertz CT molecular complexity index is 1270. The molecule has 1 fully saturated rings. The van der Waals surface area contributed by atoms with Crippen molar-refractivity contribution in [3.63, 3.8) is 0 Å². The van der Waals surface area contributed by atoms with E-state index in [1.165, 1.54) is 13.2 Å². The maximum Gasteiger partial charge on any atom is 0.166 e. The van der Waals surface area contributed by atoms with E-state index in [2.05, 4.69) is 36.9 Å². The third-order valence-electron chi connectivity index (χ3n) is 5.77. The van der Waals surface area contributed by atoms with Crippen LogP contribution in [-0.4, -0.2) is 70.0 Å². The summed E-state index contributed by atoms with van der Waals surface area (Å²) >= 11 is 0. The molecule has 0 spiro atoms. The smallest absolute Gasteiger partial charge is 0.166 e. The van der Waals surface area contributed by atoms with E-state index in [9.17, 15) is 4.39 Å². The second-order valence-electron chi connectivity index (χ2n) is 7.92. The number of hydrogen-bond acceptors (Lipinski definition) is 7. The number of benzene rings is 1. The average Bonchev–Trinajstić information content (AvgIpc) is 3.35. The second kappa shape index (κ2) is 8.95. The Hall–Kier alpha value is -3.85. The largest absolute Gasteiger partial charge is 0.496 e. The molecule has 0 aliphatic carbocycles. The van der Waals surface area contributed by atoms with Crippen LogP contribution in [-0.2, 0) is 0 Å². The fraction of sp³-hybridized carbons (Fsp3) is 0.250. The maximum atomic E-state index is 14.5. The molecule has 9 heteroatoms. The summed E-state index contributed by atoms with van der Waals surface area (Å²) in [4.78, 5) is 18.0. The van der Waals surface area contributed by atoms with E-state index < -0.39 is 5.82 Å². The Morgan fingerprint density at radius 3 is 2.64 bits per heavy atom. The maximum absolute atomic E-state index is 14.5. The first-order valence-electron chi connectivity index (χ1n) is 10.7. The number of ether oxygens (including phenoxy) is 1. The van der Waals surface area contributed by atoms with Gasteiger partial charge in [0, 0.05) is 56.4 Å². The lowest BCUT2D eigenvalue weighted by molar-refractivity contribution is 0.312. The Balaban J connectivity index is 1.43. The molecule has 0 unspecified atom stereocenters. The molecular weight excluding hydrogens is 421 g/mol. The van der Waals surface area contributed by atoms with Crippen molar-refractivity contribution in [1.82, 2.24) is 29.6 Å². The lowest BCUT2D eigenvalue weighted by Gasteiger charge is -2.33. The van der Waals surface area contributed by atoms with Crippen molar-refractivity contribution < 1.29 is 9.13 Å². The van der Waals surface area contributed by atoms with Crippen LogP contribution in [0.2, 0.25) is 0 Å². The standard InChI is InChI=1S/C24H24FN7O/c1-30-10-12-31(13-11-30)22-14-18(6-8-26-22)32-16-17(15-28-32)20-7-9-27-24(29-20)23-19(25)4-3-5-21(23)33-2/h3-9,14-16H,10-13H2,1-2H3. The van der Waals surface area contributed by atoms with Crippen molar-refractivity contribution in [3.8, 4) is 34.1 Å². The van der Waals surface area contributed by atoms with Gasteiger partial charge >= 0.3 is 0 Å². The van der Waals surface area contributed by atoms with Gasteiger partial charge < -0.3 is 14.5 Å². The fourth-order valence-electron chi connectivity index (χ4n) is 3.89. The van der Waals surface area contributed by atoms with Crippen LogP contribution >= 0.6 is 0 Å².